The summed E-state index contributed by atoms with van der Waals surface area (Å²) in [7, 11) is 1.96. The predicted octanol–water partition coefficient (Wildman–Crippen LogP) is 0.958. The number of nitrogens with one attached hydrogen (secondary N) is 1. The molecule has 2 rings (SSSR count). The van der Waals surface area contributed by atoms with Crippen molar-refractivity contribution in [2.24, 2.45) is 0 Å². The molecule has 1 unspecified atom stereocenters. The summed E-state index contributed by atoms with van der Waals surface area (Å²) in [5.74, 6) is 6.42. The third kappa shape index (κ3) is 4.15. The molecule has 96 valence electrons. The minimum Gasteiger partial charge on any atom is -0.374 e. The minimum absolute atomic E-state index is 0.294. The Morgan fingerprint density at radius 1 is 1.39 bits per heavy atom. The van der Waals surface area contributed by atoms with Crippen LogP contribution < -0.4 is 5.32 Å². The van der Waals surface area contributed by atoms with E-state index in [0.717, 1.165) is 38.3 Å². The van der Waals surface area contributed by atoms with Gasteiger partial charge in [-0.1, -0.05) is 30.0 Å². The molecule has 3 heteroatoms. The van der Waals surface area contributed by atoms with Gasteiger partial charge >= 0.3 is 0 Å². The van der Waals surface area contributed by atoms with Crippen molar-refractivity contribution in [3.05, 3.63) is 35.9 Å². The third-order valence-corrected chi connectivity index (χ3v) is 2.96. The van der Waals surface area contributed by atoms with E-state index in [0.29, 0.717) is 6.10 Å². The van der Waals surface area contributed by atoms with Gasteiger partial charge in [0, 0.05) is 25.2 Å². The third-order valence-electron chi connectivity index (χ3n) is 2.96. The molecule has 1 heterocycles. The second-order valence-corrected chi connectivity index (χ2v) is 4.45. The van der Waals surface area contributed by atoms with Crippen molar-refractivity contribution in [3.8, 4) is 11.8 Å². The lowest BCUT2D eigenvalue weighted by molar-refractivity contribution is -0.0216. The first-order chi connectivity index (χ1) is 8.88. The summed E-state index contributed by atoms with van der Waals surface area (Å²) < 4.78 is 5.66. The van der Waals surface area contributed by atoms with E-state index in [9.17, 15) is 0 Å². The van der Waals surface area contributed by atoms with E-state index in [1.54, 1.807) is 0 Å². The van der Waals surface area contributed by atoms with Crippen molar-refractivity contribution in [1.82, 2.24) is 10.2 Å². The van der Waals surface area contributed by atoms with Gasteiger partial charge < -0.3 is 10.1 Å². The summed E-state index contributed by atoms with van der Waals surface area (Å²) in [6, 6.07) is 10.1. The molecule has 1 N–H and O–H groups in total. The molecule has 0 aliphatic carbocycles. The largest absolute Gasteiger partial charge is 0.374 e. The first kappa shape index (κ1) is 13.1. The number of nitrogens with zero attached hydrogens (tertiary/aromatic N) is 1. The molecule has 1 fully saturated rings. The van der Waals surface area contributed by atoms with Gasteiger partial charge in [-0.15, -0.1) is 0 Å². The highest BCUT2D eigenvalue weighted by Gasteiger charge is 2.18. The van der Waals surface area contributed by atoms with Crippen LogP contribution in [0.4, 0.5) is 0 Å². The van der Waals surface area contributed by atoms with Gasteiger partial charge in [-0.2, -0.15) is 0 Å². The lowest BCUT2D eigenvalue weighted by atomic mass is 10.2. The fourth-order valence-corrected chi connectivity index (χ4v) is 2.05. The number of benzene rings is 1. The summed E-state index contributed by atoms with van der Waals surface area (Å²) in [6.45, 7) is 4.47. The summed E-state index contributed by atoms with van der Waals surface area (Å²) >= 11 is 0. The van der Waals surface area contributed by atoms with Crippen LogP contribution in [0.5, 0.6) is 0 Å². The number of hydrogen-bond acceptors (Lipinski definition) is 3. The quantitative estimate of drug-likeness (QED) is 0.802. The highest BCUT2D eigenvalue weighted by atomic mass is 16.5. The fraction of sp³-hybridized carbons (Fsp3) is 0.467. The van der Waals surface area contributed by atoms with Gasteiger partial charge in [0.05, 0.1) is 19.3 Å². The van der Waals surface area contributed by atoms with Gasteiger partial charge in [-0.05, 0) is 19.2 Å². The molecule has 1 aliphatic rings. The zero-order valence-electron chi connectivity index (χ0n) is 10.9. The highest BCUT2D eigenvalue weighted by Crippen LogP contribution is 2.03. The number of ether oxygens (including phenoxy) is 1. The normalized spacial score (nSPS) is 20.2. The first-order valence-electron chi connectivity index (χ1n) is 6.41. The zero-order valence-corrected chi connectivity index (χ0v) is 10.9. The molecule has 0 spiro atoms. The van der Waals surface area contributed by atoms with E-state index in [-0.39, 0.29) is 0 Å². The Balaban J connectivity index is 1.81. The lowest BCUT2D eigenvalue weighted by Gasteiger charge is -2.31. The zero-order chi connectivity index (χ0) is 12.6. The molecule has 1 aromatic rings. The van der Waals surface area contributed by atoms with Crippen molar-refractivity contribution in [3.63, 3.8) is 0 Å². The summed E-state index contributed by atoms with van der Waals surface area (Å²) in [5.41, 5.74) is 1.08. The first-order valence-corrected chi connectivity index (χ1v) is 6.41. The maximum Gasteiger partial charge on any atom is 0.0826 e. The maximum absolute atomic E-state index is 5.66. The van der Waals surface area contributed by atoms with Crippen molar-refractivity contribution >= 4 is 0 Å². The molecule has 1 aromatic carbocycles. The average Bonchev–Trinajstić information content (AvgIpc) is 2.41. The minimum atomic E-state index is 0.294. The van der Waals surface area contributed by atoms with Crippen LogP contribution in [-0.4, -0.2) is 50.8 Å². The Hall–Kier alpha value is -1.34. The Labute approximate surface area is 109 Å². The molecule has 0 radical (unpaired) electrons. The highest BCUT2D eigenvalue weighted by molar-refractivity contribution is 5.33. The van der Waals surface area contributed by atoms with Crippen LogP contribution in [0.2, 0.25) is 0 Å². The molecule has 18 heavy (non-hydrogen) atoms. The van der Waals surface area contributed by atoms with Crippen LogP contribution in [0.25, 0.3) is 0 Å². The van der Waals surface area contributed by atoms with Gasteiger partial charge in [-0.25, -0.2) is 0 Å². The van der Waals surface area contributed by atoms with Gasteiger partial charge in [0.2, 0.25) is 0 Å². The number of likely N-dealkylation sites (N-methyl/N-ethyl adjacent to an activating group) is 1. The standard InChI is InChI=1S/C15H20N2O/c1-16-12-15-13-17(10-11-18-15)9-5-8-14-6-3-2-4-7-14/h2-4,6-7,15-16H,9-13H2,1H3. The molecule has 3 nitrogen and oxygen atoms in total. The van der Waals surface area contributed by atoms with Crippen LogP contribution >= 0.6 is 0 Å². The van der Waals surface area contributed by atoms with Gasteiger partial charge in [-0.3, -0.25) is 4.90 Å². The summed E-state index contributed by atoms with van der Waals surface area (Å²) in [6.07, 6.45) is 0.294. The number of hydrogen-bond donors (Lipinski definition) is 1. The number of rotatable bonds is 3. The summed E-state index contributed by atoms with van der Waals surface area (Å²) in [4.78, 5) is 2.35. The van der Waals surface area contributed by atoms with Crippen molar-refractivity contribution < 1.29 is 4.74 Å². The van der Waals surface area contributed by atoms with E-state index in [1.807, 2.05) is 37.4 Å². The molecule has 0 amide bonds. The second kappa shape index (κ2) is 7.17. The van der Waals surface area contributed by atoms with E-state index in [1.165, 1.54) is 0 Å². The molecule has 1 atom stereocenters. The van der Waals surface area contributed by atoms with Gasteiger partial charge in [0.15, 0.2) is 0 Å². The van der Waals surface area contributed by atoms with E-state index >= 15 is 0 Å². The fourth-order valence-electron chi connectivity index (χ4n) is 2.05. The Morgan fingerprint density at radius 3 is 3.00 bits per heavy atom. The summed E-state index contributed by atoms with van der Waals surface area (Å²) in [5, 5.41) is 3.15. The second-order valence-electron chi connectivity index (χ2n) is 4.45. The Kier molecular flexibility index (Phi) is 5.22. The maximum atomic E-state index is 5.66. The molecule has 0 saturated carbocycles. The van der Waals surface area contributed by atoms with Crippen LogP contribution in [0, 0.1) is 11.8 Å². The van der Waals surface area contributed by atoms with Crippen molar-refractivity contribution in [1.29, 1.82) is 0 Å². The Bertz CT molecular complexity index is 405. The molecule has 1 saturated heterocycles. The molecule has 0 aromatic heterocycles. The molecule has 0 bridgehead atoms. The lowest BCUT2D eigenvalue weighted by Crippen LogP contribution is -2.46. The molecule has 1 aliphatic heterocycles. The van der Waals surface area contributed by atoms with Crippen LogP contribution in [0.3, 0.4) is 0 Å². The van der Waals surface area contributed by atoms with Crippen LogP contribution in [0.1, 0.15) is 5.56 Å². The molecular weight excluding hydrogens is 224 g/mol. The monoisotopic (exact) mass is 244 g/mol. The number of morpholine rings is 1. The van der Waals surface area contributed by atoms with E-state index in [4.69, 9.17) is 4.74 Å². The van der Waals surface area contributed by atoms with E-state index in [2.05, 4.69) is 22.1 Å². The van der Waals surface area contributed by atoms with Crippen molar-refractivity contribution in [2.45, 2.75) is 6.10 Å². The topological polar surface area (TPSA) is 24.5 Å². The molecular formula is C15H20N2O. The predicted molar refractivity (Wildman–Crippen MR) is 73.4 cm³/mol. The van der Waals surface area contributed by atoms with Crippen LogP contribution in [-0.2, 0) is 4.74 Å². The van der Waals surface area contributed by atoms with Gasteiger partial charge in [0.1, 0.15) is 0 Å². The SMILES string of the molecule is CNCC1CN(CC#Cc2ccccc2)CCO1. The Morgan fingerprint density at radius 2 is 2.22 bits per heavy atom. The van der Waals surface area contributed by atoms with Gasteiger partial charge in [0.25, 0.3) is 0 Å². The van der Waals surface area contributed by atoms with Crippen molar-refractivity contribution in [2.75, 3.05) is 39.8 Å². The smallest absolute Gasteiger partial charge is 0.0826 e. The average molecular weight is 244 g/mol. The van der Waals surface area contributed by atoms with E-state index < -0.39 is 0 Å². The van der Waals surface area contributed by atoms with Crippen LogP contribution in [0.15, 0.2) is 30.3 Å².